The third-order valence-electron chi connectivity index (χ3n) is 5.22. The number of aryl methyl sites for hydroxylation is 1. The Morgan fingerprint density at radius 1 is 1.36 bits per heavy atom. The lowest BCUT2D eigenvalue weighted by Gasteiger charge is -2.28. The lowest BCUT2D eigenvalue weighted by Crippen LogP contribution is -2.34. The first-order chi connectivity index (χ1) is 13.0. The van der Waals surface area contributed by atoms with Crippen LogP contribution in [-0.2, 0) is 11.2 Å². The summed E-state index contributed by atoms with van der Waals surface area (Å²) in [5, 5.41) is 6.40. The van der Waals surface area contributed by atoms with E-state index in [1.807, 2.05) is 31.2 Å². The fourth-order valence-electron chi connectivity index (χ4n) is 3.61. The molecule has 1 aliphatic heterocycles. The minimum absolute atomic E-state index is 0. The van der Waals surface area contributed by atoms with Gasteiger partial charge in [0, 0.05) is 29.4 Å². The van der Waals surface area contributed by atoms with Crippen LogP contribution in [-0.4, -0.2) is 29.0 Å². The molecule has 3 rings (SSSR count). The third-order valence-corrected chi connectivity index (χ3v) is 5.22. The van der Waals surface area contributed by atoms with E-state index in [9.17, 15) is 9.59 Å². The second-order valence-electron chi connectivity index (χ2n) is 7.36. The van der Waals surface area contributed by atoms with Crippen molar-refractivity contribution in [1.82, 2.24) is 15.3 Å². The summed E-state index contributed by atoms with van der Waals surface area (Å²) in [7, 11) is 0. The van der Waals surface area contributed by atoms with E-state index < -0.39 is 0 Å². The molecule has 1 amide bonds. The molecule has 0 aliphatic carbocycles. The predicted octanol–water partition coefficient (Wildman–Crippen LogP) is 3.39. The molecule has 1 aromatic carbocycles. The fraction of sp³-hybridized carbons (Fsp3) is 0.476. The van der Waals surface area contributed by atoms with E-state index >= 15 is 0 Å². The Labute approximate surface area is 172 Å². The molecule has 1 saturated heterocycles. The van der Waals surface area contributed by atoms with Crippen LogP contribution < -0.4 is 16.2 Å². The van der Waals surface area contributed by atoms with E-state index in [1.165, 1.54) is 18.9 Å². The summed E-state index contributed by atoms with van der Waals surface area (Å²) in [5.74, 6) is 1.45. The molecule has 0 saturated carbocycles. The number of nitrogens with one attached hydrogen (secondary N) is 3. The number of amides is 1. The molecule has 2 unspecified atom stereocenters. The second-order valence-corrected chi connectivity index (χ2v) is 7.36. The summed E-state index contributed by atoms with van der Waals surface area (Å²) in [5.41, 5.74) is 2.08. The maximum atomic E-state index is 12.5. The van der Waals surface area contributed by atoms with Gasteiger partial charge in [0.15, 0.2) is 0 Å². The van der Waals surface area contributed by atoms with Crippen molar-refractivity contribution in [2.24, 2.45) is 11.8 Å². The molecule has 1 aliphatic rings. The number of hydrogen-bond donors (Lipinski definition) is 3. The number of piperidine rings is 1. The van der Waals surface area contributed by atoms with Crippen molar-refractivity contribution >= 4 is 24.0 Å². The molecule has 2 aromatic rings. The van der Waals surface area contributed by atoms with Crippen molar-refractivity contribution in [3.63, 3.8) is 0 Å². The SMILES string of the molecule is CCc1cc(=O)[nH]c(-c2cccc(NC(=O)CC(C)C3CCCNC3)c2)n1.Cl. The van der Waals surface area contributed by atoms with Crippen molar-refractivity contribution in [2.75, 3.05) is 18.4 Å². The van der Waals surface area contributed by atoms with E-state index in [4.69, 9.17) is 0 Å². The first-order valence-corrected chi connectivity index (χ1v) is 9.76. The molecule has 0 radical (unpaired) electrons. The number of benzene rings is 1. The first-order valence-electron chi connectivity index (χ1n) is 9.76. The number of aromatic amines is 1. The maximum Gasteiger partial charge on any atom is 0.251 e. The summed E-state index contributed by atoms with van der Waals surface area (Å²) in [6, 6.07) is 8.96. The van der Waals surface area contributed by atoms with Gasteiger partial charge in [0.2, 0.25) is 5.91 Å². The number of anilines is 1. The van der Waals surface area contributed by atoms with Crippen LogP contribution in [0.1, 0.15) is 38.8 Å². The van der Waals surface area contributed by atoms with Crippen LogP contribution in [0.4, 0.5) is 5.69 Å². The molecule has 1 fully saturated rings. The summed E-state index contributed by atoms with van der Waals surface area (Å²) in [6.07, 6.45) is 3.57. The van der Waals surface area contributed by atoms with E-state index in [2.05, 4.69) is 27.5 Å². The Hall–Kier alpha value is -2.18. The zero-order chi connectivity index (χ0) is 19.2. The lowest BCUT2D eigenvalue weighted by molar-refractivity contribution is -0.117. The van der Waals surface area contributed by atoms with Gasteiger partial charge in [-0.25, -0.2) is 4.98 Å². The minimum atomic E-state index is -0.166. The van der Waals surface area contributed by atoms with Gasteiger partial charge in [0.25, 0.3) is 5.56 Å². The topological polar surface area (TPSA) is 86.9 Å². The normalized spacial score (nSPS) is 17.4. The van der Waals surface area contributed by atoms with Crippen LogP contribution in [0, 0.1) is 11.8 Å². The van der Waals surface area contributed by atoms with Gasteiger partial charge >= 0.3 is 0 Å². The number of H-pyrrole nitrogens is 1. The van der Waals surface area contributed by atoms with Crippen LogP contribution in [0.3, 0.4) is 0 Å². The van der Waals surface area contributed by atoms with Gasteiger partial charge in [0.05, 0.1) is 0 Å². The highest BCUT2D eigenvalue weighted by atomic mass is 35.5. The van der Waals surface area contributed by atoms with E-state index in [0.717, 1.165) is 30.0 Å². The average Bonchev–Trinajstić information content (AvgIpc) is 2.68. The Balaban J connectivity index is 0.00000280. The highest BCUT2D eigenvalue weighted by Crippen LogP contribution is 2.24. The van der Waals surface area contributed by atoms with Gasteiger partial charge in [-0.1, -0.05) is 26.0 Å². The molecule has 6 nitrogen and oxygen atoms in total. The number of aromatic nitrogens is 2. The molecule has 2 atom stereocenters. The predicted molar refractivity (Wildman–Crippen MR) is 115 cm³/mol. The molecule has 2 heterocycles. The molecule has 28 heavy (non-hydrogen) atoms. The lowest BCUT2D eigenvalue weighted by atomic mass is 9.85. The third kappa shape index (κ3) is 5.91. The quantitative estimate of drug-likeness (QED) is 0.688. The number of rotatable bonds is 6. The summed E-state index contributed by atoms with van der Waals surface area (Å²) < 4.78 is 0. The zero-order valence-corrected chi connectivity index (χ0v) is 17.3. The molecule has 0 bridgehead atoms. The number of nitrogens with zero attached hydrogens (tertiary/aromatic N) is 1. The number of hydrogen-bond acceptors (Lipinski definition) is 4. The van der Waals surface area contributed by atoms with Crippen LogP contribution in [0.5, 0.6) is 0 Å². The van der Waals surface area contributed by atoms with Crippen molar-refractivity contribution in [3.8, 4) is 11.4 Å². The molecule has 7 heteroatoms. The molecule has 0 spiro atoms. The van der Waals surface area contributed by atoms with Crippen LogP contribution in [0.2, 0.25) is 0 Å². The van der Waals surface area contributed by atoms with Crippen LogP contribution >= 0.6 is 12.4 Å². The molecule has 3 N–H and O–H groups in total. The van der Waals surface area contributed by atoms with Gasteiger partial charge in [-0.15, -0.1) is 12.4 Å². The molecule has 152 valence electrons. The van der Waals surface area contributed by atoms with Gasteiger partial charge in [-0.3, -0.25) is 9.59 Å². The number of carbonyl (C=O) groups excluding carboxylic acids is 1. The largest absolute Gasteiger partial charge is 0.326 e. The number of carbonyl (C=O) groups is 1. The van der Waals surface area contributed by atoms with Crippen molar-refractivity contribution in [3.05, 3.63) is 46.4 Å². The van der Waals surface area contributed by atoms with Gasteiger partial charge in [0.1, 0.15) is 5.82 Å². The average molecular weight is 405 g/mol. The van der Waals surface area contributed by atoms with E-state index in [-0.39, 0.29) is 23.9 Å². The number of halogens is 1. The van der Waals surface area contributed by atoms with Crippen molar-refractivity contribution < 1.29 is 4.79 Å². The van der Waals surface area contributed by atoms with Gasteiger partial charge < -0.3 is 15.6 Å². The van der Waals surface area contributed by atoms with Crippen LogP contribution in [0.25, 0.3) is 11.4 Å². The minimum Gasteiger partial charge on any atom is -0.326 e. The molecular formula is C21H29ClN4O2. The Morgan fingerprint density at radius 3 is 2.89 bits per heavy atom. The summed E-state index contributed by atoms with van der Waals surface area (Å²) in [4.78, 5) is 31.5. The molecule has 1 aromatic heterocycles. The Kier molecular flexibility index (Phi) is 8.20. The monoisotopic (exact) mass is 404 g/mol. The summed E-state index contributed by atoms with van der Waals surface area (Å²) >= 11 is 0. The van der Waals surface area contributed by atoms with E-state index in [0.29, 0.717) is 30.5 Å². The van der Waals surface area contributed by atoms with E-state index in [1.54, 1.807) is 0 Å². The Bertz CT molecular complexity index is 846. The maximum absolute atomic E-state index is 12.5. The summed E-state index contributed by atoms with van der Waals surface area (Å²) in [6.45, 7) is 6.19. The highest BCUT2D eigenvalue weighted by Gasteiger charge is 2.22. The van der Waals surface area contributed by atoms with Gasteiger partial charge in [-0.05, 0) is 56.3 Å². The van der Waals surface area contributed by atoms with Crippen LogP contribution in [0.15, 0.2) is 35.1 Å². The smallest absolute Gasteiger partial charge is 0.251 e. The van der Waals surface area contributed by atoms with Crippen molar-refractivity contribution in [1.29, 1.82) is 0 Å². The zero-order valence-electron chi connectivity index (χ0n) is 16.5. The highest BCUT2D eigenvalue weighted by molar-refractivity contribution is 5.91. The van der Waals surface area contributed by atoms with Gasteiger partial charge in [-0.2, -0.15) is 0 Å². The Morgan fingerprint density at radius 2 is 2.18 bits per heavy atom. The second kappa shape index (κ2) is 10.4. The first kappa shape index (κ1) is 22.1. The standard InChI is InChI=1S/C21H28N4O2.ClH/c1-3-17-12-20(27)25-21(24-17)15-6-4-8-18(11-15)23-19(26)10-14(2)16-7-5-9-22-13-16;/h4,6,8,11-12,14,16,22H,3,5,7,9-10,13H2,1-2H3,(H,23,26)(H,24,25,27);1H. The fourth-order valence-corrected chi connectivity index (χ4v) is 3.61. The molecular weight excluding hydrogens is 376 g/mol. The van der Waals surface area contributed by atoms with Crippen molar-refractivity contribution in [2.45, 2.75) is 39.5 Å².